The summed E-state index contributed by atoms with van der Waals surface area (Å²) in [5.41, 5.74) is 2.39. The van der Waals surface area contributed by atoms with Gasteiger partial charge in [0.25, 0.3) is 0 Å². The molecule has 0 aliphatic heterocycles. The van der Waals surface area contributed by atoms with E-state index in [1.807, 2.05) is 19.1 Å². The molecule has 0 saturated heterocycles. The van der Waals surface area contributed by atoms with Crippen molar-refractivity contribution in [3.8, 4) is 11.5 Å². The lowest BCUT2D eigenvalue weighted by molar-refractivity contribution is -0.137. The molecular formula is C19H18N2O5. The first-order valence-electron chi connectivity index (χ1n) is 7.76. The van der Waals surface area contributed by atoms with E-state index in [0.717, 1.165) is 23.3 Å². The van der Waals surface area contributed by atoms with Crippen molar-refractivity contribution < 1.29 is 24.5 Å². The van der Waals surface area contributed by atoms with Crippen LogP contribution in [0.2, 0.25) is 0 Å². The molecule has 7 heteroatoms. The first kappa shape index (κ1) is 18.9. The lowest BCUT2D eigenvalue weighted by Gasteiger charge is -2.07. The summed E-state index contributed by atoms with van der Waals surface area (Å²) in [4.78, 5) is 22.0. The second-order valence-corrected chi connectivity index (χ2v) is 5.47. The number of carbonyl (C=O) groups excluding carboxylic acids is 2. The Hall–Kier alpha value is -3.48. The van der Waals surface area contributed by atoms with Gasteiger partial charge in [0, 0.05) is 18.6 Å². The number of hydrogen-bond acceptors (Lipinski definition) is 7. The van der Waals surface area contributed by atoms with Gasteiger partial charge in [-0.05, 0) is 24.6 Å². The van der Waals surface area contributed by atoms with Gasteiger partial charge in [0.15, 0.2) is 6.29 Å². The molecule has 0 unspecified atom stereocenters. The Morgan fingerprint density at radius 1 is 1.15 bits per heavy atom. The summed E-state index contributed by atoms with van der Waals surface area (Å²) < 4.78 is 4.98. The predicted molar refractivity (Wildman–Crippen MR) is 95.4 cm³/mol. The zero-order chi connectivity index (χ0) is 19.1. The van der Waals surface area contributed by atoms with Crippen LogP contribution in [0.25, 0.3) is 0 Å². The summed E-state index contributed by atoms with van der Waals surface area (Å²) in [6.45, 7) is 5.42. The molecule has 0 aromatic heterocycles. The number of aromatic hydroxyl groups is 2. The maximum Gasteiger partial charge on any atom is 0.330 e. The SMILES string of the molecule is C=CC(=O)OCCc1cc(C)ccc1N=Nc1cc(C=O)c(O)cc1O. The molecule has 2 aromatic rings. The number of rotatable bonds is 7. The highest BCUT2D eigenvalue weighted by Crippen LogP contribution is 2.34. The van der Waals surface area contributed by atoms with E-state index in [2.05, 4.69) is 16.8 Å². The quantitative estimate of drug-likeness (QED) is 0.339. The van der Waals surface area contributed by atoms with Crippen LogP contribution in [-0.2, 0) is 16.0 Å². The van der Waals surface area contributed by atoms with Crippen molar-refractivity contribution in [3.63, 3.8) is 0 Å². The van der Waals surface area contributed by atoms with Crippen LogP contribution >= 0.6 is 0 Å². The van der Waals surface area contributed by atoms with Gasteiger partial charge in [0.2, 0.25) is 0 Å². The van der Waals surface area contributed by atoms with Gasteiger partial charge in [0.1, 0.15) is 17.2 Å². The van der Waals surface area contributed by atoms with Gasteiger partial charge in [-0.25, -0.2) is 4.79 Å². The van der Waals surface area contributed by atoms with E-state index in [4.69, 9.17) is 4.74 Å². The van der Waals surface area contributed by atoms with Crippen LogP contribution in [-0.4, -0.2) is 29.1 Å². The van der Waals surface area contributed by atoms with Gasteiger partial charge < -0.3 is 14.9 Å². The van der Waals surface area contributed by atoms with Crippen LogP contribution in [0.3, 0.4) is 0 Å². The summed E-state index contributed by atoms with van der Waals surface area (Å²) >= 11 is 0. The first-order chi connectivity index (χ1) is 12.4. The van der Waals surface area contributed by atoms with E-state index < -0.39 is 5.97 Å². The number of nitrogens with zero attached hydrogens (tertiary/aromatic N) is 2. The van der Waals surface area contributed by atoms with Crippen molar-refractivity contribution in [2.45, 2.75) is 13.3 Å². The minimum Gasteiger partial charge on any atom is -0.507 e. The molecule has 2 aromatic carbocycles. The van der Waals surface area contributed by atoms with Crippen molar-refractivity contribution in [1.29, 1.82) is 0 Å². The molecule has 0 aliphatic carbocycles. The largest absolute Gasteiger partial charge is 0.507 e. The van der Waals surface area contributed by atoms with Gasteiger partial charge >= 0.3 is 5.97 Å². The summed E-state index contributed by atoms with van der Waals surface area (Å²) in [6, 6.07) is 7.76. The Balaban J connectivity index is 2.26. The number of azo groups is 1. The highest BCUT2D eigenvalue weighted by Gasteiger charge is 2.09. The van der Waals surface area contributed by atoms with Crippen molar-refractivity contribution in [2.75, 3.05) is 6.61 Å². The highest BCUT2D eigenvalue weighted by atomic mass is 16.5. The molecule has 0 radical (unpaired) electrons. The number of ether oxygens (including phenoxy) is 1. The van der Waals surface area contributed by atoms with E-state index in [0.29, 0.717) is 18.4 Å². The number of hydrogen-bond donors (Lipinski definition) is 2. The van der Waals surface area contributed by atoms with Crippen molar-refractivity contribution >= 4 is 23.6 Å². The molecule has 0 spiro atoms. The maximum atomic E-state index is 11.1. The Morgan fingerprint density at radius 3 is 2.58 bits per heavy atom. The summed E-state index contributed by atoms with van der Waals surface area (Å²) in [5, 5.41) is 27.4. The van der Waals surface area contributed by atoms with Gasteiger partial charge in [-0.3, -0.25) is 4.79 Å². The van der Waals surface area contributed by atoms with Crippen LogP contribution in [0, 0.1) is 6.92 Å². The second kappa shape index (κ2) is 8.57. The Bertz CT molecular complexity index is 874. The molecule has 0 saturated carbocycles. The van der Waals surface area contributed by atoms with Crippen LogP contribution in [0.5, 0.6) is 11.5 Å². The topological polar surface area (TPSA) is 109 Å². The molecule has 134 valence electrons. The average molecular weight is 354 g/mol. The first-order valence-corrected chi connectivity index (χ1v) is 7.76. The van der Waals surface area contributed by atoms with Crippen LogP contribution in [0.15, 0.2) is 53.2 Å². The lowest BCUT2D eigenvalue weighted by atomic mass is 10.1. The molecular weight excluding hydrogens is 336 g/mol. The van der Waals surface area contributed by atoms with Crippen molar-refractivity contribution in [2.24, 2.45) is 10.2 Å². The fraction of sp³-hybridized carbons (Fsp3) is 0.158. The number of phenolic OH excluding ortho intramolecular Hbond substituents is 2. The minimum absolute atomic E-state index is 0.00258. The van der Waals surface area contributed by atoms with Gasteiger partial charge in [-0.15, -0.1) is 5.11 Å². The number of benzene rings is 2. The normalized spacial score (nSPS) is 10.7. The van der Waals surface area contributed by atoms with E-state index in [9.17, 15) is 19.8 Å². The van der Waals surface area contributed by atoms with Crippen LogP contribution in [0.1, 0.15) is 21.5 Å². The van der Waals surface area contributed by atoms with E-state index in [-0.39, 0.29) is 29.4 Å². The molecule has 0 heterocycles. The standard InChI is InChI=1S/C19H18N2O5/c1-3-19(25)26-7-6-13-8-12(2)4-5-15(13)20-21-16-9-14(11-22)17(23)10-18(16)24/h3-5,8-11,23-24H,1,6-7H2,2H3. The third kappa shape index (κ3) is 4.76. The summed E-state index contributed by atoms with van der Waals surface area (Å²) in [5.74, 6) is -1.14. The van der Waals surface area contributed by atoms with Gasteiger partial charge in [-0.2, -0.15) is 5.11 Å². The molecule has 0 amide bonds. The molecule has 2 N–H and O–H groups in total. The van der Waals surface area contributed by atoms with E-state index in [1.165, 1.54) is 6.07 Å². The number of esters is 1. The van der Waals surface area contributed by atoms with Crippen LogP contribution in [0.4, 0.5) is 11.4 Å². The van der Waals surface area contributed by atoms with Crippen molar-refractivity contribution in [3.05, 3.63) is 59.7 Å². The molecule has 26 heavy (non-hydrogen) atoms. The molecule has 0 atom stereocenters. The Kier molecular flexibility index (Phi) is 6.21. The number of phenols is 2. The molecule has 2 rings (SSSR count). The number of carbonyl (C=O) groups is 2. The molecule has 0 fully saturated rings. The van der Waals surface area contributed by atoms with Crippen molar-refractivity contribution in [1.82, 2.24) is 0 Å². The smallest absolute Gasteiger partial charge is 0.330 e. The Labute approximate surface area is 150 Å². The maximum absolute atomic E-state index is 11.1. The third-order valence-corrected chi connectivity index (χ3v) is 3.53. The van der Waals surface area contributed by atoms with E-state index in [1.54, 1.807) is 6.07 Å². The molecule has 7 nitrogen and oxygen atoms in total. The predicted octanol–water partition coefficient (Wildman–Crippen LogP) is 3.91. The van der Waals surface area contributed by atoms with Crippen LogP contribution < -0.4 is 0 Å². The fourth-order valence-electron chi connectivity index (χ4n) is 2.20. The summed E-state index contributed by atoms with van der Waals surface area (Å²) in [7, 11) is 0. The number of aryl methyl sites for hydroxylation is 1. The summed E-state index contributed by atoms with van der Waals surface area (Å²) in [6.07, 6.45) is 1.98. The Morgan fingerprint density at radius 2 is 1.88 bits per heavy atom. The third-order valence-electron chi connectivity index (χ3n) is 3.53. The highest BCUT2D eigenvalue weighted by molar-refractivity contribution is 5.82. The number of aldehydes is 1. The zero-order valence-corrected chi connectivity index (χ0v) is 14.2. The monoisotopic (exact) mass is 354 g/mol. The average Bonchev–Trinajstić information content (AvgIpc) is 2.62. The molecule has 0 aliphatic rings. The zero-order valence-electron chi connectivity index (χ0n) is 14.2. The lowest BCUT2D eigenvalue weighted by Crippen LogP contribution is -2.04. The second-order valence-electron chi connectivity index (χ2n) is 5.47. The fourth-order valence-corrected chi connectivity index (χ4v) is 2.20. The minimum atomic E-state index is -0.503. The van der Waals surface area contributed by atoms with Gasteiger partial charge in [-0.1, -0.05) is 24.3 Å². The van der Waals surface area contributed by atoms with E-state index >= 15 is 0 Å². The van der Waals surface area contributed by atoms with Gasteiger partial charge in [0.05, 0.1) is 17.9 Å². The molecule has 0 bridgehead atoms.